The molecule has 1 N–H and O–H groups in total. The fraction of sp³-hybridized carbons (Fsp3) is 0. The summed E-state index contributed by atoms with van der Waals surface area (Å²) in [7, 11) is 0. The van der Waals surface area contributed by atoms with E-state index in [1.807, 2.05) is 0 Å². The zero-order valence-electron chi connectivity index (χ0n) is 4.51. The van der Waals surface area contributed by atoms with Crippen LogP contribution in [0.25, 0.3) is 0 Å². The van der Waals surface area contributed by atoms with Gasteiger partial charge in [-0.15, -0.1) is 0 Å². The third-order valence-corrected chi connectivity index (χ3v) is 6.44. The van der Waals surface area contributed by atoms with Crippen LogP contribution in [0.5, 0.6) is 0 Å². The number of hydrogen-bond donors (Lipinski definition) is 0. The molecule has 0 unspecified atom stereocenters. The van der Waals surface area contributed by atoms with Crippen LogP contribution in [0.1, 0.15) is 0 Å². The summed E-state index contributed by atoms with van der Waals surface area (Å²) in [5.74, 6) is 0. The second kappa shape index (κ2) is 7.80. The van der Waals surface area contributed by atoms with Gasteiger partial charge in [0, 0.05) is 0 Å². The van der Waals surface area contributed by atoms with Crippen LogP contribution in [-0.2, 0) is 38.6 Å². The van der Waals surface area contributed by atoms with Gasteiger partial charge in [0.15, 0.2) is 0 Å². The van der Waals surface area contributed by atoms with E-state index in [9.17, 15) is 14.3 Å². The van der Waals surface area contributed by atoms with Gasteiger partial charge in [-0.1, -0.05) is 0 Å². The molecule has 0 spiro atoms. The molecular formula is H2AlFeMgO5Ti. The van der Waals surface area contributed by atoms with Crippen LogP contribution in [0, 0.1) is 0 Å². The van der Waals surface area contributed by atoms with Crippen LogP contribution in [0.2, 0.25) is 0 Å². The van der Waals surface area contributed by atoms with Gasteiger partial charge in [-0.3, -0.25) is 0 Å². The molecule has 0 amide bonds. The van der Waals surface area contributed by atoms with E-state index in [2.05, 4.69) is 0 Å². The van der Waals surface area contributed by atoms with Gasteiger partial charge in [0.2, 0.25) is 0 Å². The van der Waals surface area contributed by atoms with Crippen molar-refractivity contribution in [2.75, 3.05) is 0 Å². The summed E-state index contributed by atoms with van der Waals surface area (Å²) in [6, 6.07) is 0. The van der Waals surface area contributed by atoms with Crippen molar-refractivity contribution in [1.29, 1.82) is 0 Å². The fourth-order valence-electron chi connectivity index (χ4n) is 0.0170. The molecule has 9 heavy (non-hydrogen) atoms. The van der Waals surface area contributed by atoms with Gasteiger partial charge >= 0.3 is 74.0 Å². The fourth-order valence-corrected chi connectivity index (χ4v) is 0.868. The molecule has 0 aliphatic rings. The maximum atomic E-state index is 9.88. The van der Waals surface area contributed by atoms with E-state index >= 15 is 0 Å². The van der Waals surface area contributed by atoms with E-state index in [-0.39, 0.29) is 28.5 Å². The molecule has 0 aliphatic carbocycles. The summed E-state index contributed by atoms with van der Waals surface area (Å²) in [4.78, 5) is 0. The van der Waals surface area contributed by atoms with E-state index in [1.54, 1.807) is 0 Å². The molecule has 0 aliphatic heterocycles. The molecule has 0 aromatic rings. The molecule has 0 fully saturated rings. The Morgan fingerprint density at radius 1 is 1.33 bits per heavy atom. The molecule has 0 atom stereocenters. The maximum absolute atomic E-state index is 9.88. The quantitative estimate of drug-likeness (QED) is 0.534. The van der Waals surface area contributed by atoms with Gasteiger partial charge < -0.3 is 5.48 Å². The first kappa shape index (κ1) is 17.0. The molecule has 0 saturated carbocycles. The SMILES string of the molecule is [MgH+].[OH-].[O]=[Al][Ti](=[O])(=[O])[Fe]=[O]. The molecule has 0 radical (unpaired) electrons. The Kier molecular flexibility index (Phi) is 14.7. The van der Waals surface area contributed by atoms with E-state index < -0.39 is 36.7 Å². The van der Waals surface area contributed by atoms with Crippen LogP contribution in [0.15, 0.2) is 0 Å². The Morgan fingerprint density at radius 2 is 1.67 bits per heavy atom. The third kappa shape index (κ3) is 9.69. The van der Waals surface area contributed by atoms with Crippen LogP contribution < -0.4 is 0 Å². The normalized spacial score (nSPS) is 6.22. The predicted molar refractivity (Wildman–Crippen MR) is 17.6 cm³/mol. The Morgan fingerprint density at radius 3 is 1.67 bits per heavy atom. The molecule has 0 rings (SSSR count). The predicted octanol–water partition coefficient (Wildman–Crippen LogP) is -1.69. The van der Waals surface area contributed by atoms with Gasteiger partial charge in [0.05, 0.1) is 0 Å². The monoisotopic (exact) mass is 237 g/mol. The van der Waals surface area contributed by atoms with E-state index in [1.165, 1.54) is 0 Å². The van der Waals surface area contributed by atoms with Crippen molar-refractivity contribution in [3.8, 4) is 0 Å². The average Bonchev–Trinajstić information content (AvgIpc) is 1.68. The van der Waals surface area contributed by atoms with Gasteiger partial charge in [0.25, 0.3) is 0 Å². The third-order valence-electron chi connectivity index (χ3n) is 0.238. The first-order valence-electron chi connectivity index (χ1n) is 1.25. The van der Waals surface area contributed by atoms with Crippen LogP contribution in [-0.4, -0.2) is 40.9 Å². The first-order valence-corrected chi connectivity index (χ1v) is 9.56. The van der Waals surface area contributed by atoms with Crippen molar-refractivity contribution in [2.45, 2.75) is 0 Å². The van der Waals surface area contributed by atoms with Crippen molar-refractivity contribution in [2.24, 2.45) is 0 Å². The molecule has 0 aromatic carbocycles. The summed E-state index contributed by atoms with van der Waals surface area (Å²) in [5, 5.41) is 0. The summed E-state index contributed by atoms with van der Waals surface area (Å²) >= 11 is -7.59. The molecular weight excluding hydrogens is 235 g/mol. The van der Waals surface area contributed by atoms with Crippen molar-refractivity contribution in [1.82, 2.24) is 0 Å². The molecule has 0 heterocycles. The molecule has 0 saturated heterocycles. The molecule has 0 bridgehead atoms. The molecule has 0 aromatic heterocycles. The van der Waals surface area contributed by atoms with E-state index in [0.717, 1.165) is 0 Å². The second-order valence-corrected chi connectivity index (χ2v) is 13.6. The van der Waals surface area contributed by atoms with Crippen LogP contribution >= 0.6 is 0 Å². The van der Waals surface area contributed by atoms with E-state index in [0.29, 0.717) is 0 Å². The van der Waals surface area contributed by atoms with Gasteiger partial charge in [-0.2, -0.15) is 0 Å². The van der Waals surface area contributed by atoms with Crippen LogP contribution in [0.3, 0.4) is 0 Å². The standard InChI is InChI=1S/Al.Fe.Mg.H2O.4O.Ti.H/h;;;1H2;;;;;;/q;;+1;;;;;;;/p-1. The Balaban J connectivity index is -0.000000180. The van der Waals surface area contributed by atoms with E-state index in [4.69, 9.17) is 0 Å². The summed E-state index contributed by atoms with van der Waals surface area (Å²) in [6.07, 6.45) is 0. The topological polar surface area (TPSA) is 98.3 Å². The van der Waals surface area contributed by atoms with Crippen molar-refractivity contribution < 1.29 is 44.1 Å². The van der Waals surface area contributed by atoms with Gasteiger partial charge in [-0.05, 0) is 0 Å². The van der Waals surface area contributed by atoms with Crippen molar-refractivity contribution >= 4 is 35.4 Å². The zero-order valence-corrected chi connectivity index (χ0v) is 10.3. The number of hydrogen-bond acceptors (Lipinski definition) is 5. The second-order valence-electron chi connectivity index (χ2n) is 0.755. The average molecular weight is 237 g/mol. The molecule has 9 heteroatoms. The Labute approximate surface area is 78.4 Å². The van der Waals surface area contributed by atoms with Crippen molar-refractivity contribution in [3.63, 3.8) is 0 Å². The Hall–Kier alpha value is 1.69. The molecule has 49 valence electrons. The first-order chi connectivity index (χ1) is 3.12. The summed E-state index contributed by atoms with van der Waals surface area (Å²) < 4.78 is 38.8. The number of rotatable bonds is 2. The molecule has 5 nitrogen and oxygen atoms in total. The van der Waals surface area contributed by atoms with Crippen molar-refractivity contribution in [3.05, 3.63) is 0 Å². The zero-order chi connectivity index (χ0) is 5.91. The minimum absolute atomic E-state index is 0. The van der Waals surface area contributed by atoms with Gasteiger partial charge in [-0.25, -0.2) is 0 Å². The van der Waals surface area contributed by atoms with Gasteiger partial charge in [0.1, 0.15) is 0 Å². The summed E-state index contributed by atoms with van der Waals surface area (Å²) in [6.45, 7) is 0. The minimum atomic E-state index is -4.61. The summed E-state index contributed by atoms with van der Waals surface area (Å²) in [5.41, 5.74) is 0. The van der Waals surface area contributed by atoms with Crippen LogP contribution in [0.4, 0.5) is 0 Å². The Bertz CT molecular complexity index is 157.